The zero-order chi connectivity index (χ0) is 48.6. The maximum atomic E-state index is 12.8. The van der Waals surface area contributed by atoms with Gasteiger partial charge in [0.15, 0.2) is 6.10 Å². The topological polar surface area (TPSA) is 78.9 Å². The molecular weight excluding hydrogens is 829 g/mol. The number of unbranched alkanes of at least 4 members (excludes halogenated alkanes) is 25. The van der Waals surface area contributed by atoms with Crippen LogP contribution in [0.5, 0.6) is 0 Å². The first-order chi connectivity index (χ1) is 33.0. The minimum atomic E-state index is -0.787. The molecule has 0 aliphatic rings. The number of rotatable bonds is 50. The second-order valence-electron chi connectivity index (χ2n) is 18.5. The van der Waals surface area contributed by atoms with Crippen molar-refractivity contribution in [2.24, 2.45) is 0 Å². The van der Waals surface area contributed by atoms with Crippen LogP contribution in [0.15, 0.2) is 85.1 Å². The first-order valence-electron chi connectivity index (χ1n) is 28.1. The van der Waals surface area contributed by atoms with Crippen molar-refractivity contribution in [3.63, 3.8) is 0 Å². The Kier molecular flexibility index (Phi) is 52.4. The third-order valence-corrected chi connectivity index (χ3v) is 11.9. The summed E-state index contributed by atoms with van der Waals surface area (Å²) < 4.78 is 16.8. The summed E-state index contributed by atoms with van der Waals surface area (Å²) >= 11 is 0. The molecule has 0 aromatic rings. The average molecular weight is 933 g/mol. The van der Waals surface area contributed by atoms with Gasteiger partial charge in [0.2, 0.25) is 0 Å². The van der Waals surface area contributed by atoms with Gasteiger partial charge in [-0.25, -0.2) is 0 Å². The van der Waals surface area contributed by atoms with Crippen LogP contribution >= 0.6 is 0 Å². The van der Waals surface area contributed by atoms with Gasteiger partial charge in [0, 0.05) is 19.3 Å². The Bertz CT molecular complexity index is 1300. The number of carbonyl (C=O) groups excluding carboxylic acids is 3. The van der Waals surface area contributed by atoms with E-state index < -0.39 is 6.10 Å². The quantitative estimate of drug-likeness (QED) is 0.0262. The van der Waals surface area contributed by atoms with Crippen LogP contribution in [0, 0.1) is 0 Å². The van der Waals surface area contributed by atoms with E-state index in [4.69, 9.17) is 14.2 Å². The molecule has 0 spiro atoms. The standard InChI is InChI=1S/C61H104O6/c1-4-7-10-13-16-19-22-25-27-28-29-30-31-32-33-34-35-37-39-42-45-48-51-54-60(63)66-57-58(56-65-59(62)53-50-47-44-41-38-24-21-18-15-12-9-6-3)67-61(64)55-52-49-46-43-40-36-26-23-20-17-14-11-8-5-2/h7,10,14,16-17,19,23,25-27,29-30,32-33,58H,4-6,8-9,11-13,15,18,20-22,24,28,31,34-57H2,1-3H3/b10-7-,17-14-,19-16-,26-23-,27-25-,30-29-,33-32-. The molecule has 0 aromatic heterocycles. The molecule has 0 saturated carbocycles. The van der Waals surface area contributed by atoms with Crippen LogP contribution in [-0.2, 0) is 28.6 Å². The molecular formula is C61H104O6. The van der Waals surface area contributed by atoms with E-state index in [0.717, 1.165) is 122 Å². The Morgan fingerprint density at radius 3 is 0.955 bits per heavy atom. The van der Waals surface area contributed by atoms with Gasteiger partial charge in [0.05, 0.1) is 0 Å². The van der Waals surface area contributed by atoms with Gasteiger partial charge >= 0.3 is 17.9 Å². The number of hydrogen-bond donors (Lipinski definition) is 0. The minimum Gasteiger partial charge on any atom is -0.462 e. The zero-order valence-electron chi connectivity index (χ0n) is 43.9. The van der Waals surface area contributed by atoms with Crippen molar-refractivity contribution in [2.75, 3.05) is 13.2 Å². The van der Waals surface area contributed by atoms with Gasteiger partial charge in [-0.05, 0) is 89.9 Å². The van der Waals surface area contributed by atoms with E-state index in [1.807, 2.05) is 0 Å². The molecule has 0 bridgehead atoms. The van der Waals surface area contributed by atoms with Crippen LogP contribution in [0.3, 0.4) is 0 Å². The first kappa shape index (κ1) is 63.6. The Morgan fingerprint density at radius 1 is 0.313 bits per heavy atom. The molecule has 0 heterocycles. The second-order valence-corrected chi connectivity index (χ2v) is 18.5. The lowest BCUT2D eigenvalue weighted by Gasteiger charge is -2.18. The molecule has 0 fully saturated rings. The predicted molar refractivity (Wildman–Crippen MR) is 288 cm³/mol. The largest absolute Gasteiger partial charge is 0.462 e. The smallest absolute Gasteiger partial charge is 0.306 e. The molecule has 0 rings (SSSR count). The van der Waals surface area contributed by atoms with Crippen LogP contribution in [0.25, 0.3) is 0 Å². The van der Waals surface area contributed by atoms with Crippen LogP contribution in [-0.4, -0.2) is 37.2 Å². The Balaban J connectivity index is 4.35. The molecule has 6 heteroatoms. The Labute approximate surface area is 414 Å². The molecule has 0 aliphatic carbocycles. The van der Waals surface area contributed by atoms with Crippen molar-refractivity contribution in [2.45, 2.75) is 271 Å². The molecule has 0 saturated heterocycles. The maximum Gasteiger partial charge on any atom is 0.306 e. The highest BCUT2D eigenvalue weighted by Gasteiger charge is 2.19. The van der Waals surface area contributed by atoms with Crippen LogP contribution < -0.4 is 0 Å². The van der Waals surface area contributed by atoms with Crippen LogP contribution in [0.4, 0.5) is 0 Å². The van der Waals surface area contributed by atoms with Crippen molar-refractivity contribution in [1.29, 1.82) is 0 Å². The summed E-state index contributed by atoms with van der Waals surface area (Å²) in [5.74, 6) is -0.906. The highest BCUT2D eigenvalue weighted by atomic mass is 16.6. The Hall–Kier alpha value is -3.41. The number of hydrogen-bond acceptors (Lipinski definition) is 6. The van der Waals surface area contributed by atoms with Crippen molar-refractivity contribution >= 4 is 17.9 Å². The summed E-state index contributed by atoms with van der Waals surface area (Å²) in [7, 11) is 0. The molecule has 384 valence electrons. The van der Waals surface area contributed by atoms with Crippen molar-refractivity contribution in [3.8, 4) is 0 Å². The summed E-state index contributed by atoms with van der Waals surface area (Å²) in [4.78, 5) is 38.1. The summed E-state index contributed by atoms with van der Waals surface area (Å²) in [6, 6.07) is 0. The molecule has 67 heavy (non-hydrogen) atoms. The van der Waals surface area contributed by atoms with Gasteiger partial charge < -0.3 is 14.2 Å². The fourth-order valence-electron chi connectivity index (χ4n) is 7.66. The summed E-state index contributed by atoms with van der Waals surface area (Å²) in [5.41, 5.74) is 0. The van der Waals surface area contributed by atoms with E-state index in [1.54, 1.807) is 0 Å². The van der Waals surface area contributed by atoms with Gasteiger partial charge in [-0.1, -0.05) is 241 Å². The number of esters is 3. The van der Waals surface area contributed by atoms with Crippen LogP contribution in [0.1, 0.15) is 265 Å². The van der Waals surface area contributed by atoms with E-state index in [-0.39, 0.29) is 31.1 Å². The number of carbonyl (C=O) groups is 3. The Morgan fingerprint density at radius 2 is 0.597 bits per heavy atom. The lowest BCUT2D eigenvalue weighted by molar-refractivity contribution is -0.167. The molecule has 0 radical (unpaired) electrons. The third kappa shape index (κ3) is 53.4. The predicted octanol–water partition coefficient (Wildman–Crippen LogP) is 18.8. The van der Waals surface area contributed by atoms with E-state index in [9.17, 15) is 14.4 Å². The van der Waals surface area contributed by atoms with E-state index in [2.05, 4.69) is 106 Å². The number of ether oxygens (including phenoxy) is 3. The highest BCUT2D eigenvalue weighted by Crippen LogP contribution is 2.15. The van der Waals surface area contributed by atoms with Gasteiger partial charge in [-0.2, -0.15) is 0 Å². The van der Waals surface area contributed by atoms with Crippen molar-refractivity contribution in [1.82, 2.24) is 0 Å². The molecule has 0 amide bonds. The SMILES string of the molecule is CC/C=C\C/C=C\C/C=C\C/C=C\C/C=C\CCCCCCCCCC(=O)OCC(COC(=O)CCCCCCCCCCCCCC)OC(=O)CCCCCCC/C=C\C/C=C\CCCC. The van der Waals surface area contributed by atoms with Gasteiger partial charge in [0.25, 0.3) is 0 Å². The summed E-state index contributed by atoms with van der Waals surface area (Å²) in [6.07, 6.45) is 71.4. The third-order valence-electron chi connectivity index (χ3n) is 11.9. The van der Waals surface area contributed by atoms with E-state index >= 15 is 0 Å². The van der Waals surface area contributed by atoms with E-state index in [0.29, 0.717) is 19.3 Å². The second kappa shape index (κ2) is 55.2. The highest BCUT2D eigenvalue weighted by molar-refractivity contribution is 5.71. The van der Waals surface area contributed by atoms with Gasteiger partial charge in [-0.3, -0.25) is 14.4 Å². The molecule has 1 atom stereocenters. The first-order valence-corrected chi connectivity index (χ1v) is 28.1. The molecule has 1 unspecified atom stereocenters. The average Bonchev–Trinajstić information content (AvgIpc) is 3.33. The van der Waals surface area contributed by atoms with Crippen molar-refractivity contribution < 1.29 is 28.6 Å². The fourth-order valence-corrected chi connectivity index (χ4v) is 7.66. The normalized spacial score (nSPS) is 12.7. The van der Waals surface area contributed by atoms with E-state index in [1.165, 1.54) is 103 Å². The lowest BCUT2D eigenvalue weighted by Crippen LogP contribution is -2.30. The maximum absolute atomic E-state index is 12.8. The number of allylic oxidation sites excluding steroid dienone is 14. The minimum absolute atomic E-state index is 0.0841. The van der Waals surface area contributed by atoms with Crippen LogP contribution in [0.2, 0.25) is 0 Å². The monoisotopic (exact) mass is 933 g/mol. The zero-order valence-corrected chi connectivity index (χ0v) is 43.9. The molecule has 0 aromatic carbocycles. The fraction of sp³-hybridized carbons (Fsp3) is 0.721. The van der Waals surface area contributed by atoms with Gasteiger partial charge in [-0.15, -0.1) is 0 Å². The molecule has 6 nitrogen and oxygen atoms in total. The van der Waals surface area contributed by atoms with Gasteiger partial charge in [0.1, 0.15) is 13.2 Å². The molecule has 0 aliphatic heterocycles. The molecule has 0 N–H and O–H groups in total. The van der Waals surface area contributed by atoms with Crippen molar-refractivity contribution in [3.05, 3.63) is 85.1 Å². The summed E-state index contributed by atoms with van der Waals surface area (Å²) in [5, 5.41) is 0. The summed E-state index contributed by atoms with van der Waals surface area (Å²) in [6.45, 7) is 6.47. The lowest BCUT2D eigenvalue weighted by atomic mass is 10.0.